The first-order valence-electron chi connectivity index (χ1n) is 7.22. The molecular formula is C17H24NRf-. The molecule has 1 nitrogen and oxygen atoms in total. The second-order valence-electron chi connectivity index (χ2n) is 8.51. The summed E-state index contributed by atoms with van der Waals surface area (Å²) in [5, 5.41) is 9.49. The van der Waals surface area contributed by atoms with Crippen molar-refractivity contribution < 1.29 is 0 Å². The Balaban J connectivity index is 0.00000133. The third kappa shape index (κ3) is 1.68. The fourth-order valence-electron chi connectivity index (χ4n) is 7.00. The molecule has 4 aliphatic rings. The number of hydrogen-bond donors (Lipinski definition) is 0. The number of hydrogen-bond acceptors (Lipinski definition) is 1. The van der Waals surface area contributed by atoms with Crippen molar-refractivity contribution in [2.45, 2.75) is 66.2 Å². The topological polar surface area (TPSA) is 23.8 Å². The van der Waals surface area contributed by atoms with Gasteiger partial charge in [-0.05, 0) is 60.2 Å². The van der Waals surface area contributed by atoms with Gasteiger partial charge in [0.25, 0.3) is 0 Å². The fourth-order valence-corrected chi connectivity index (χ4v) is 7.00. The van der Waals surface area contributed by atoms with Crippen molar-refractivity contribution in [3.63, 3.8) is 0 Å². The molecule has 0 unspecified atom stereocenters. The van der Waals surface area contributed by atoms with Gasteiger partial charge in [0.05, 0.1) is 0 Å². The monoisotopic (exact) mass is 509 g/mol. The van der Waals surface area contributed by atoms with Gasteiger partial charge >= 0.3 is 0 Å². The van der Waals surface area contributed by atoms with E-state index in [1.807, 2.05) is 6.92 Å². The smallest absolute Gasteiger partial charge is 0 e. The summed E-state index contributed by atoms with van der Waals surface area (Å²) < 4.78 is 0. The third-order valence-corrected chi connectivity index (χ3v) is 5.75. The maximum atomic E-state index is 9.49. The Morgan fingerprint density at radius 2 is 1.26 bits per heavy atom. The van der Waals surface area contributed by atoms with Gasteiger partial charge in [0.1, 0.15) is 0 Å². The van der Waals surface area contributed by atoms with Crippen LogP contribution in [0.25, 0.3) is 0 Å². The van der Waals surface area contributed by atoms with Gasteiger partial charge in [0.2, 0.25) is 0 Å². The predicted molar refractivity (Wildman–Crippen MR) is 72.5 cm³/mol. The van der Waals surface area contributed by atoms with Crippen LogP contribution in [0.3, 0.4) is 0 Å². The van der Waals surface area contributed by atoms with E-state index < -0.39 is 0 Å². The van der Waals surface area contributed by atoms with Gasteiger partial charge in [0, 0.05) is 0 Å². The van der Waals surface area contributed by atoms with Crippen molar-refractivity contribution in [1.29, 1.82) is 5.26 Å². The van der Waals surface area contributed by atoms with Gasteiger partial charge in [-0.15, -0.1) is 13.0 Å². The van der Waals surface area contributed by atoms with E-state index in [2.05, 4.69) is 32.9 Å². The first-order chi connectivity index (χ1) is 8.26. The fraction of sp³-hybridized carbons (Fsp3) is 0.824. The summed E-state index contributed by atoms with van der Waals surface area (Å²) in [5.74, 6) is 0. The van der Waals surface area contributed by atoms with Crippen molar-refractivity contribution in [2.24, 2.45) is 21.7 Å². The molecule has 0 aromatic heterocycles. The third-order valence-electron chi connectivity index (χ3n) is 5.75. The summed E-state index contributed by atoms with van der Waals surface area (Å²) >= 11 is 0. The van der Waals surface area contributed by atoms with Crippen LogP contribution in [-0.2, 0) is 0 Å². The van der Waals surface area contributed by atoms with Crippen LogP contribution in [0.4, 0.5) is 0 Å². The van der Waals surface area contributed by atoms with E-state index in [1.54, 1.807) is 0 Å². The zero-order valence-corrected chi connectivity index (χ0v) is 19.3. The number of rotatable bonds is 1. The molecule has 0 heterocycles. The van der Waals surface area contributed by atoms with Crippen LogP contribution in [-0.4, -0.2) is 0 Å². The molecule has 0 spiro atoms. The second kappa shape index (κ2) is 3.41. The van der Waals surface area contributed by atoms with Gasteiger partial charge in [-0.25, -0.2) is 0 Å². The normalized spacial score (nSPS) is 51.6. The molecule has 4 bridgehead atoms. The van der Waals surface area contributed by atoms with Crippen molar-refractivity contribution in [3.05, 3.63) is 11.6 Å². The van der Waals surface area contributed by atoms with Crippen LogP contribution in [0, 0.1) is 39.1 Å². The average molecular weight is 509 g/mol. The van der Waals surface area contributed by atoms with E-state index in [0.717, 1.165) is 5.57 Å². The summed E-state index contributed by atoms with van der Waals surface area (Å²) in [6.07, 6.45) is 11.0. The average Bonchev–Trinajstić information content (AvgIpc) is 2.10. The summed E-state index contributed by atoms with van der Waals surface area (Å²) in [7, 11) is 0. The van der Waals surface area contributed by atoms with E-state index in [1.165, 1.54) is 38.5 Å². The Morgan fingerprint density at radius 3 is 1.53 bits per heavy atom. The zero-order valence-electron chi connectivity index (χ0n) is 12.9. The van der Waals surface area contributed by atoms with Gasteiger partial charge in [0.15, 0.2) is 0 Å². The summed E-state index contributed by atoms with van der Waals surface area (Å²) in [6, 6.07) is 2.47. The Bertz CT molecular complexity index is 417. The minimum atomic E-state index is 0. The predicted octanol–water partition coefficient (Wildman–Crippen LogP) is 4.65. The standard InChI is InChI=1S/C17H24N.Rf/c1-5-13(6-18)17-10-14(2)7-15(3,11-17)9-16(4,8-14)12-17;/h7-12H2,1-4H3;/q-1;. The molecule has 0 aromatic rings. The first-order valence-corrected chi connectivity index (χ1v) is 7.22. The van der Waals surface area contributed by atoms with E-state index in [4.69, 9.17) is 0 Å². The van der Waals surface area contributed by atoms with Gasteiger partial charge in [-0.3, -0.25) is 6.08 Å². The molecule has 0 aromatic carbocycles. The number of nitriles is 1. The summed E-state index contributed by atoms with van der Waals surface area (Å²) in [4.78, 5) is 0. The Morgan fingerprint density at radius 1 is 0.895 bits per heavy atom. The maximum Gasteiger partial charge on any atom is 0 e. The molecule has 0 N–H and O–H groups in total. The van der Waals surface area contributed by atoms with Crippen LogP contribution >= 0.6 is 0 Å². The van der Waals surface area contributed by atoms with Gasteiger partial charge < -0.3 is 5.26 Å². The van der Waals surface area contributed by atoms with Crippen LogP contribution in [0.1, 0.15) is 66.2 Å². The Labute approximate surface area is 111 Å². The molecular weight excluding hydrogens is 485 g/mol. The molecule has 4 rings (SSSR count). The van der Waals surface area contributed by atoms with E-state index >= 15 is 0 Å². The van der Waals surface area contributed by atoms with E-state index in [-0.39, 0.29) is 5.41 Å². The largest absolute Gasteiger partial charge is 0.329 e. The molecule has 4 aliphatic carbocycles. The molecule has 0 saturated heterocycles. The quantitative estimate of drug-likeness (QED) is 0.373. The molecule has 19 heavy (non-hydrogen) atoms. The van der Waals surface area contributed by atoms with Crippen LogP contribution in [0.5, 0.6) is 0 Å². The van der Waals surface area contributed by atoms with Crippen molar-refractivity contribution in [3.8, 4) is 6.07 Å². The van der Waals surface area contributed by atoms with Crippen LogP contribution in [0.2, 0.25) is 0 Å². The molecule has 100 valence electrons. The number of nitrogens with zero attached hydrogens (tertiary/aromatic N) is 1. The molecule has 4 fully saturated rings. The molecule has 0 radical (unpaired) electrons. The molecule has 0 amide bonds. The summed E-state index contributed by atoms with van der Waals surface area (Å²) in [6.45, 7) is 9.30. The summed E-state index contributed by atoms with van der Waals surface area (Å²) in [5.41, 5.74) is 2.47. The first kappa shape index (κ1) is 13.7. The van der Waals surface area contributed by atoms with E-state index in [9.17, 15) is 5.26 Å². The molecule has 4 saturated carbocycles. The van der Waals surface area contributed by atoms with Crippen LogP contribution in [0.15, 0.2) is 5.57 Å². The number of allylic oxidation sites excluding steroid dienone is 2. The minimum Gasteiger partial charge on any atom is -0.329 e. The van der Waals surface area contributed by atoms with Crippen molar-refractivity contribution in [1.82, 2.24) is 0 Å². The van der Waals surface area contributed by atoms with Crippen molar-refractivity contribution in [2.75, 3.05) is 0 Å². The minimum absolute atomic E-state index is 0. The maximum absolute atomic E-state index is 9.49. The Hall–Kier alpha value is -1.77. The van der Waals surface area contributed by atoms with E-state index in [0.29, 0.717) is 16.2 Å². The van der Waals surface area contributed by atoms with Crippen molar-refractivity contribution >= 4 is 0 Å². The molecule has 0 aliphatic heterocycles. The second-order valence-corrected chi connectivity index (χ2v) is 8.51. The zero-order chi connectivity index (χ0) is 13.2. The van der Waals surface area contributed by atoms with Gasteiger partial charge in [-0.2, -0.15) is 5.57 Å². The Kier molecular flexibility index (Phi) is 2.45. The SMILES string of the molecule is C[C-]=C(C#N)C12CC3(C)CC(C)(CC(C)(C3)C1)C2.[Rf]. The molecule has 0 atom stereocenters. The molecule has 2 heteroatoms. The van der Waals surface area contributed by atoms with Gasteiger partial charge in [-0.1, -0.05) is 20.8 Å². The van der Waals surface area contributed by atoms with Crippen LogP contribution < -0.4 is 0 Å².